The van der Waals surface area contributed by atoms with E-state index in [4.69, 9.17) is 11.6 Å². The number of hydrogen-bond acceptors (Lipinski definition) is 1. The van der Waals surface area contributed by atoms with E-state index in [-0.39, 0.29) is 22.9 Å². The van der Waals surface area contributed by atoms with Crippen molar-refractivity contribution in [3.8, 4) is 0 Å². The molecule has 0 saturated carbocycles. The van der Waals surface area contributed by atoms with Crippen molar-refractivity contribution in [1.29, 1.82) is 0 Å². The molecular weight excluding hydrogens is 265 g/mol. The minimum atomic E-state index is -0.449. The van der Waals surface area contributed by atoms with E-state index in [1.807, 2.05) is 27.7 Å². The molecule has 0 aliphatic heterocycles. The van der Waals surface area contributed by atoms with E-state index >= 15 is 0 Å². The molecule has 1 rings (SSSR count). The molecule has 0 aliphatic carbocycles. The van der Waals surface area contributed by atoms with Gasteiger partial charge in [0.15, 0.2) is 0 Å². The molecule has 4 heteroatoms. The summed E-state index contributed by atoms with van der Waals surface area (Å²) in [6, 6.07) is 3.18. The molecule has 0 heterocycles. The van der Waals surface area contributed by atoms with E-state index in [2.05, 4.69) is 5.32 Å². The lowest BCUT2D eigenvalue weighted by atomic mass is 9.90. The Bertz CT molecular complexity index is 483. The second-order valence-corrected chi connectivity index (χ2v) is 6.15. The normalized spacial score (nSPS) is 11.8. The second-order valence-electron chi connectivity index (χ2n) is 5.75. The molecule has 0 unspecified atom stereocenters. The lowest BCUT2D eigenvalue weighted by molar-refractivity contribution is -0.122. The van der Waals surface area contributed by atoms with Crippen LogP contribution in [0.5, 0.6) is 0 Å². The summed E-state index contributed by atoms with van der Waals surface area (Å²) >= 11 is 5.69. The second kappa shape index (κ2) is 5.91. The van der Waals surface area contributed by atoms with Crippen LogP contribution in [0.15, 0.2) is 12.1 Å². The number of halogens is 2. The number of carbonyl (C=O) groups excluding carboxylic acids is 1. The molecule has 0 atom stereocenters. The van der Waals surface area contributed by atoms with Crippen molar-refractivity contribution >= 4 is 17.5 Å². The molecule has 0 fully saturated rings. The predicted octanol–water partition coefficient (Wildman–Crippen LogP) is 3.88. The van der Waals surface area contributed by atoms with E-state index in [1.54, 1.807) is 13.0 Å². The minimum Gasteiger partial charge on any atom is -0.351 e. The van der Waals surface area contributed by atoms with Gasteiger partial charge in [-0.15, -0.1) is 0 Å². The maximum atomic E-state index is 13.6. The maximum Gasteiger partial charge on any atom is 0.224 e. The average Bonchev–Trinajstić information content (AvgIpc) is 2.29. The summed E-state index contributed by atoms with van der Waals surface area (Å²) in [7, 11) is 0. The Morgan fingerprint density at radius 2 is 2.00 bits per heavy atom. The van der Waals surface area contributed by atoms with Crippen LogP contribution >= 0.6 is 11.6 Å². The van der Waals surface area contributed by atoms with Gasteiger partial charge in [-0.05, 0) is 43.9 Å². The van der Waals surface area contributed by atoms with E-state index in [1.165, 1.54) is 6.07 Å². The zero-order valence-electron chi connectivity index (χ0n) is 12.1. The van der Waals surface area contributed by atoms with E-state index in [0.29, 0.717) is 17.0 Å². The maximum absolute atomic E-state index is 13.6. The molecule has 0 spiro atoms. The van der Waals surface area contributed by atoms with Gasteiger partial charge in [0.25, 0.3) is 0 Å². The number of nitrogens with one attached hydrogen (secondary N) is 1. The third-order valence-corrected chi connectivity index (χ3v) is 4.00. The zero-order valence-corrected chi connectivity index (χ0v) is 12.9. The Morgan fingerprint density at radius 3 is 2.53 bits per heavy atom. The van der Waals surface area contributed by atoms with Crippen LogP contribution in [0.1, 0.15) is 38.8 Å². The lowest BCUT2D eigenvalue weighted by Gasteiger charge is -2.30. The van der Waals surface area contributed by atoms with Gasteiger partial charge in [-0.1, -0.05) is 31.5 Å². The molecule has 0 aliphatic rings. The molecule has 2 nitrogen and oxygen atoms in total. The molecular formula is C15H21ClFNO. The summed E-state index contributed by atoms with van der Waals surface area (Å²) in [6.07, 6.45) is 0.163. The molecule has 1 aromatic carbocycles. The van der Waals surface area contributed by atoms with E-state index in [9.17, 15) is 9.18 Å². The van der Waals surface area contributed by atoms with Crippen LogP contribution in [-0.2, 0) is 11.2 Å². The van der Waals surface area contributed by atoms with Gasteiger partial charge in [-0.2, -0.15) is 0 Å². The molecule has 1 N–H and O–H groups in total. The van der Waals surface area contributed by atoms with Crippen LogP contribution in [0.4, 0.5) is 4.39 Å². The SMILES string of the molecule is Cc1c(CC(=O)NC(C)(C)C(C)C)ccc(Cl)c1F. The van der Waals surface area contributed by atoms with Crippen LogP contribution in [-0.4, -0.2) is 11.4 Å². The van der Waals surface area contributed by atoms with Gasteiger partial charge in [-0.25, -0.2) is 4.39 Å². The fourth-order valence-corrected chi connectivity index (χ4v) is 1.81. The van der Waals surface area contributed by atoms with E-state index in [0.717, 1.165) is 0 Å². The molecule has 0 aromatic heterocycles. The monoisotopic (exact) mass is 285 g/mol. The first kappa shape index (κ1) is 16.0. The molecule has 0 bridgehead atoms. The molecule has 0 radical (unpaired) electrons. The molecule has 19 heavy (non-hydrogen) atoms. The van der Waals surface area contributed by atoms with Gasteiger partial charge in [0.2, 0.25) is 5.91 Å². The molecule has 106 valence electrons. The number of carbonyl (C=O) groups is 1. The summed E-state index contributed by atoms with van der Waals surface area (Å²) < 4.78 is 13.6. The fourth-order valence-electron chi connectivity index (χ4n) is 1.60. The highest BCUT2D eigenvalue weighted by Gasteiger charge is 2.24. The largest absolute Gasteiger partial charge is 0.351 e. The Kier molecular flexibility index (Phi) is 4.97. The Hall–Kier alpha value is -1.09. The summed E-state index contributed by atoms with van der Waals surface area (Å²) in [4.78, 5) is 12.0. The van der Waals surface area contributed by atoms with E-state index < -0.39 is 5.82 Å². The molecule has 0 saturated heterocycles. The summed E-state index contributed by atoms with van der Waals surface area (Å²) in [5.74, 6) is -0.238. The van der Waals surface area contributed by atoms with Gasteiger partial charge in [0.05, 0.1) is 11.4 Å². The quantitative estimate of drug-likeness (QED) is 0.894. The fraction of sp³-hybridized carbons (Fsp3) is 0.533. The van der Waals surface area contributed by atoms with Gasteiger partial charge in [0.1, 0.15) is 5.82 Å². The lowest BCUT2D eigenvalue weighted by Crippen LogP contribution is -2.47. The van der Waals surface area contributed by atoms with Crippen LogP contribution in [0, 0.1) is 18.7 Å². The van der Waals surface area contributed by atoms with Gasteiger partial charge in [0, 0.05) is 5.54 Å². The van der Waals surface area contributed by atoms with Crippen molar-refractivity contribution in [3.05, 3.63) is 34.1 Å². The van der Waals surface area contributed by atoms with Crippen molar-refractivity contribution in [3.63, 3.8) is 0 Å². The Morgan fingerprint density at radius 1 is 1.42 bits per heavy atom. The summed E-state index contributed by atoms with van der Waals surface area (Å²) in [6.45, 7) is 9.69. The highest BCUT2D eigenvalue weighted by Crippen LogP contribution is 2.22. The van der Waals surface area contributed by atoms with Crippen molar-refractivity contribution in [1.82, 2.24) is 5.32 Å². The van der Waals surface area contributed by atoms with Crippen molar-refractivity contribution in [2.45, 2.75) is 46.6 Å². The van der Waals surface area contributed by atoms with Crippen LogP contribution in [0.2, 0.25) is 5.02 Å². The number of benzene rings is 1. The number of amides is 1. The first-order valence-electron chi connectivity index (χ1n) is 6.39. The number of rotatable bonds is 4. The minimum absolute atomic E-state index is 0.0872. The van der Waals surface area contributed by atoms with Gasteiger partial charge < -0.3 is 5.32 Å². The third-order valence-electron chi connectivity index (χ3n) is 3.71. The van der Waals surface area contributed by atoms with Crippen molar-refractivity contribution in [2.75, 3.05) is 0 Å². The van der Waals surface area contributed by atoms with Crippen molar-refractivity contribution in [2.24, 2.45) is 5.92 Å². The first-order valence-corrected chi connectivity index (χ1v) is 6.77. The zero-order chi connectivity index (χ0) is 14.8. The highest BCUT2D eigenvalue weighted by atomic mass is 35.5. The summed E-state index contributed by atoms with van der Waals surface area (Å²) in [5.41, 5.74) is 0.819. The van der Waals surface area contributed by atoms with Crippen LogP contribution in [0.25, 0.3) is 0 Å². The predicted molar refractivity (Wildman–Crippen MR) is 76.9 cm³/mol. The summed E-state index contributed by atoms with van der Waals surface area (Å²) in [5, 5.41) is 3.06. The molecule has 1 aromatic rings. The van der Waals surface area contributed by atoms with Crippen molar-refractivity contribution < 1.29 is 9.18 Å². The van der Waals surface area contributed by atoms with Crippen LogP contribution in [0.3, 0.4) is 0 Å². The first-order chi connectivity index (χ1) is 8.65. The van der Waals surface area contributed by atoms with Crippen LogP contribution < -0.4 is 5.32 Å². The highest BCUT2D eigenvalue weighted by molar-refractivity contribution is 6.30. The van der Waals surface area contributed by atoms with Gasteiger partial charge >= 0.3 is 0 Å². The van der Waals surface area contributed by atoms with Gasteiger partial charge in [-0.3, -0.25) is 4.79 Å². The average molecular weight is 286 g/mol. The Balaban J connectivity index is 2.82. The topological polar surface area (TPSA) is 29.1 Å². The Labute approximate surface area is 119 Å². The number of hydrogen-bond donors (Lipinski definition) is 1. The third kappa shape index (κ3) is 3.93. The standard InChI is InChI=1S/C15H21ClFNO/c1-9(2)15(4,5)18-13(19)8-11-6-7-12(16)14(17)10(11)3/h6-7,9H,8H2,1-5H3,(H,18,19). The molecule has 1 amide bonds. The smallest absolute Gasteiger partial charge is 0.224 e.